The highest BCUT2D eigenvalue weighted by molar-refractivity contribution is 5.65. The molecular weight excluding hydrogens is 139 g/mol. The number of amides is 1. The zero-order valence-electron chi connectivity index (χ0n) is 5.43. The van der Waals surface area contributed by atoms with Crippen molar-refractivity contribution in [2.24, 2.45) is 5.73 Å². The van der Waals surface area contributed by atoms with E-state index in [0.717, 1.165) is 6.92 Å². The Kier molecular flexibility index (Phi) is 2.62. The second-order valence-electron chi connectivity index (χ2n) is 1.90. The summed E-state index contributed by atoms with van der Waals surface area (Å²) in [5, 5.41) is 8.21. The lowest BCUT2D eigenvalue weighted by atomic mass is 10.1. The molecule has 0 saturated carbocycles. The van der Waals surface area contributed by atoms with Crippen molar-refractivity contribution in [3.05, 3.63) is 0 Å². The number of alkyl halides is 1. The van der Waals surface area contributed by atoms with Gasteiger partial charge >= 0.3 is 6.09 Å². The van der Waals surface area contributed by atoms with Crippen LogP contribution >= 0.6 is 0 Å². The van der Waals surface area contributed by atoms with Gasteiger partial charge in [-0.2, -0.15) is 5.26 Å². The monoisotopic (exact) mass is 146 g/mol. The summed E-state index contributed by atoms with van der Waals surface area (Å²) in [6.07, 6.45) is -1.15. The largest absolute Gasteiger partial charge is 0.425 e. The number of hydrogen-bond acceptors (Lipinski definition) is 3. The maximum absolute atomic E-state index is 11.8. The third-order valence-corrected chi connectivity index (χ3v) is 0.817. The molecule has 0 aliphatic carbocycles. The lowest BCUT2D eigenvalue weighted by Crippen LogP contribution is -2.34. The number of ether oxygens (including phenoxy) is 1. The molecule has 5 heteroatoms. The van der Waals surface area contributed by atoms with Crippen molar-refractivity contribution in [2.45, 2.75) is 12.5 Å². The summed E-state index contributed by atoms with van der Waals surface area (Å²) in [7, 11) is 0. The van der Waals surface area contributed by atoms with E-state index in [-0.39, 0.29) is 0 Å². The predicted molar refractivity (Wildman–Crippen MR) is 30.7 cm³/mol. The first-order chi connectivity index (χ1) is 4.54. The first-order valence-electron chi connectivity index (χ1n) is 2.50. The van der Waals surface area contributed by atoms with Gasteiger partial charge in [-0.25, -0.2) is 9.18 Å². The van der Waals surface area contributed by atoms with Crippen molar-refractivity contribution in [1.29, 1.82) is 5.26 Å². The smallest absolute Gasteiger partial charge is 0.406 e. The van der Waals surface area contributed by atoms with E-state index >= 15 is 0 Å². The summed E-state index contributed by atoms with van der Waals surface area (Å²) in [5.41, 5.74) is 2.82. The van der Waals surface area contributed by atoms with Crippen LogP contribution in [0, 0.1) is 11.3 Å². The minimum atomic E-state index is -1.73. The number of rotatable bonds is 2. The highest BCUT2D eigenvalue weighted by Crippen LogP contribution is 2.08. The summed E-state index contributed by atoms with van der Waals surface area (Å²) in [5.74, 6) is 0. The molecule has 0 saturated heterocycles. The van der Waals surface area contributed by atoms with Gasteiger partial charge in [0.25, 0.3) is 0 Å². The highest BCUT2D eigenvalue weighted by Gasteiger charge is 2.27. The van der Waals surface area contributed by atoms with Crippen LogP contribution in [0.2, 0.25) is 0 Å². The standard InChI is InChI=1S/C5H7FN2O2/c1-5(2-6,3-7)10-4(8)9/h2H2,1H3,(H2,8,9). The first kappa shape index (κ1) is 8.69. The molecule has 0 aromatic rings. The number of halogens is 1. The fourth-order valence-electron chi connectivity index (χ4n) is 0.302. The molecular formula is C5H7FN2O2. The van der Waals surface area contributed by atoms with E-state index < -0.39 is 18.4 Å². The fraction of sp³-hybridized carbons (Fsp3) is 0.600. The molecule has 0 fully saturated rings. The summed E-state index contributed by atoms with van der Waals surface area (Å²) in [6.45, 7) is 0.0736. The van der Waals surface area contributed by atoms with Crippen LogP contribution in [0.15, 0.2) is 0 Å². The van der Waals surface area contributed by atoms with Gasteiger partial charge in [-0.3, -0.25) is 0 Å². The van der Waals surface area contributed by atoms with Crippen molar-refractivity contribution in [1.82, 2.24) is 0 Å². The van der Waals surface area contributed by atoms with Gasteiger partial charge < -0.3 is 10.5 Å². The van der Waals surface area contributed by atoms with Gasteiger partial charge in [0.05, 0.1) is 0 Å². The second-order valence-corrected chi connectivity index (χ2v) is 1.90. The van der Waals surface area contributed by atoms with Crippen molar-refractivity contribution >= 4 is 6.09 Å². The van der Waals surface area contributed by atoms with Crippen LogP contribution in [-0.4, -0.2) is 18.4 Å². The number of hydrogen-bond donors (Lipinski definition) is 1. The lowest BCUT2D eigenvalue weighted by Gasteiger charge is -2.15. The van der Waals surface area contributed by atoms with Gasteiger partial charge in [0.1, 0.15) is 12.7 Å². The number of nitriles is 1. The Hall–Kier alpha value is -1.31. The lowest BCUT2D eigenvalue weighted by molar-refractivity contribution is 0.0534. The quantitative estimate of drug-likeness (QED) is 0.610. The zero-order chi connectivity index (χ0) is 8.20. The van der Waals surface area contributed by atoms with E-state index in [2.05, 4.69) is 10.5 Å². The Bertz CT molecular complexity index is 177. The molecule has 2 N–H and O–H groups in total. The molecule has 0 radical (unpaired) electrons. The van der Waals surface area contributed by atoms with Gasteiger partial charge in [-0.05, 0) is 6.92 Å². The number of carbonyl (C=O) groups excluding carboxylic acids is 1. The Morgan fingerprint density at radius 1 is 2.00 bits per heavy atom. The molecule has 1 unspecified atom stereocenters. The van der Waals surface area contributed by atoms with Crippen LogP contribution in [0.5, 0.6) is 0 Å². The predicted octanol–water partition coefficient (Wildman–Crippen LogP) is 0.333. The molecule has 10 heavy (non-hydrogen) atoms. The van der Waals surface area contributed by atoms with Crippen LogP contribution in [0.4, 0.5) is 9.18 Å². The summed E-state index contributed by atoms with van der Waals surface area (Å²) < 4.78 is 16.0. The molecule has 4 nitrogen and oxygen atoms in total. The van der Waals surface area contributed by atoms with E-state index in [9.17, 15) is 9.18 Å². The third-order valence-electron chi connectivity index (χ3n) is 0.817. The maximum atomic E-state index is 11.8. The Balaban J connectivity index is 4.10. The Labute approximate surface area is 57.4 Å². The number of nitrogens with zero attached hydrogens (tertiary/aromatic N) is 1. The molecule has 0 aromatic heterocycles. The van der Waals surface area contributed by atoms with Crippen LogP contribution in [-0.2, 0) is 4.74 Å². The zero-order valence-corrected chi connectivity index (χ0v) is 5.43. The van der Waals surface area contributed by atoms with Gasteiger partial charge in [-0.1, -0.05) is 0 Å². The van der Waals surface area contributed by atoms with Gasteiger partial charge in [0, 0.05) is 0 Å². The maximum Gasteiger partial charge on any atom is 0.406 e. The SMILES string of the molecule is CC(C#N)(CF)OC(N)=O. The topological polar surface area (TPSA) is 76.1 Å². The van der Waals surface area contributed by atoms with Crippen molar-refractivity contribution in [3.63, 3.8) is 0 Å². The van der Waals surface area contributed by atoms with Crippen LogP contribution in [0.1, 0.15) is 6.92 Å². The molecule has 0 aliphatic heterocycles. The number of carbonyl (C=O) groups is 1. The summed E-state index contributed by atoms with van der Waals surface area (Å²) in [4.78, 5) is 10.0. The van der Waals surface area contributed by atoms with Crippen LogP contribution in [0.25, 0.3) is 0 Å². The molecule has 0 aliphatic rings. The van der Waals surface area contributed by atoms with E-state index in [1.54, 1.807) is 0 Å². The number of primary amides is 1. The number of nitrogens with two attached hydrogens (primary N) is 1. The summed E-state index contributed by atoms with van der Waals surface area (Å²) in [6, 6.07) is 1.46. The molecule has 0 aromatic carbocycles. The van der Waals surface area contributed by atoms with Crippen molar-refractivity contribution in [2.75, 3.05) is 6.67 Å². The molecule has 0 bridgehead atoms. The third kappa shape index (κ3) is 2.31. The molecule has 0 spiro atoms. The van der Waals surface area contributed by atoms with Crippen LogP contribution in [0.3, 0.4) is 0 Å². The van der Waals surface area contributed by atoms with Crippen molar-refractivity contribution < 1.29 is 13.9 Å². The second kappa shape index (κ2) is 3.01. The first-order valence-corrected chi connectivity index (χ1v) is 2.50. The van der Waals surface area contributed by atoms with E-state index in [4.69, 9.17) is 5.26 Å². The van der Waals surface area contributed by atoms with E-state index in [0.29, 0.717) is 0 Å². The average molecular weight is 146 g/mol. The normalized spacial score (nSPS) is 14.9. The minimum absolute atomic E-state index is 1.06. The average Bonchev–Trinajstić information content (AvgIpc) is 1.87. The molecule has 0 heterocycles. The molecule has 0 rings (SSSR count). The van der Waals surface area contributed by atoms with E-state index in [1.807, 2.05) is 0 Å². The molecule has 1 atom stereocenters. The summed E-state index contributed by atoms with van der Waals surface area (Å²) >= 11 is 0. The fourth-order valence-corrected chi connectivity index (χ4v) is 0.302. The van der Waals surface area contributed by atoms with Crippen LogP contribution < -0.4 is 5.73 Å². The van der Waals surface area contributed by atoms with Gasteiger partial charge in [-0.15, -0.1) is 0 Å². The van der Waals surface area contributed by atoms with Crippen molar-refractivity contribution in [3.8, 4) is 6.07 Å². The Morgan fingerprint density at radius 2 is 2.50 bits per heavy atom. The molecule has 56 valence electrons. The highest BCUT2D eigenvalue weighted by atomic mass is 19.1. The van der Waals surface area contributed by atoms with Gasteiger partial charge in [0.2, 0.25) is 5.60 Å². The molecule has 1 amide bonds. The minimum Gasteiger partial charge on any atom is -0.425 e. The van der Waals surface area contributed by atoms with Gasteiger partial charge in [0.15, 0.2) is 0 Å². The van der Waals surface area contributed by atoms with E-state index in [1.165, 1.54) is 6.07 Å². The Morgan fingerprint density at radius 3 is 2.60 bits per heavy atom.